The van der Waals surface area contributed by atoms with E-state index in [-0.39, 0.29) is 17.9 Å². The minimum absolute atomic E-state index is 0.0575. The van der Waals surface area contributed by atoms with E-state index in [1.165, 1.54) is 36.7 Å². The Hall–Kier alpha value is -1.71. The monoisotopic (exact) mass is 320 g/mol. The number of carbonyl (C=O) groups excluding carboxylic acids is 1. The van der Waals surface area contributed by atoms with Crippen molar-refractivity contribution >= 4 is 15.9 Å². The van der Waals surface area contributed by atoms with Crippen LogP contribution in [0.1, 0.15) is 13.3 Å². The lowest BCUT2D eigenvalue weighted by Crippen LogP contribution is -2.43. The highest BCUT2D eigenvalue weighted by Crippen LogP contribution is 2.16. The van der Waals surface area contributed by atoms with Crippen molar-refractivity contribution in [2.24, 2.45) is 0 Å². The number of hydroxylamine groups is 1. The first kappa shape index (κ1) is 17.3. The molecule has 3 N–H and O–H groups in total. The smallest absolute Gasteiger partial charge is 0.261 e. The van der Waals surface area contributed by atoms with E-state index in [0.29, 0.717) is 5.75 Å². The van der Waals surface area contributed by atoms with E-state index in [0.717, 1.165) is 0 Å². The number of sulfonamides is 1. The van der Waals surface area contributed by atoms with E-state index >= 15 is 0 Å². The zero-order valence-electron chi connectivity index (χ0n) is 11.4. The van der Waals surface area contributed by atoms with Gasteiger partial charge >= 0.3 is 0 Å². The highest BCUT2D eigenvalue weighted by Gasteiger charge is 2.21. The van der Waals surface area contributed by atoms with E-state index in [9.17, 15) is 17.6 Å². The van der Waals surface area contributed by atoms with Crippen molar-refractivity contribution < 1.29 is 27.5 Å². The molecule has 9 heteroatoms. The van der Waals surface area contributed by atoms with Crippen molar-refractivity contribution in [3.63, 3.8) is 0 Å². The van der Waals surface area contributed by atoms with Crippen LogP contribution >= 0.6 is 0 Å². The fraction of sp³-hybridized carbons (Fsp3) is 0.417. The summed E-state index contributed by atoms with van der Waals surface area (Å²) in [5, 5.41) is 8.43. The Morgan fingerprint density at radius 2 is 2.00 bits per heavy atom. The number of rotatable bonds is 8. The van der Waals surface area contributed by atoms with Crippen LogP contribution in [0, 0.1) is 0 Å². The molecule has 0 saturated carbocycles. The van der Waals surface area contributed by atoms with E-state index in [1.54, 1.807) is 0 Å². The van der Waals surface area contributed by atoms with Gasteiger partial charge in [0.25, 0.3) is 5.91 Å². The first-order valence-corrected chi connectivity index (χ1v) is 7.64. The van der Waals surface area contributed by atoms with Gasteiger partial charge in [-0.05, 0) is 31.2 Å². The number of nitrogens with one attached hydrogen (secondary N) is 2. The van der Waals surface area contributed by atoms with Gasteiger partial charge < -0.3 is 4.74 Å². The van der Waals surface area contributed by atoms with Crippen LogP contribution in [0.25, 0.3) is 0 Å². The molecule has 0 aromatic heterocycles. The van der Waals surface area contributed by atoms with Crippen molar-refractivity contribution in [3.8, 4) is 5.75 Å². The molecule has 1 aromatic rings. The second-order valence-corrected chi connectivity index (χ2v) is 5.90. The summed E-state index contributed by atoms with van der Waals surface area (Å²) in [5.41, 5.74) is 1.36. The molecular weight excluding hydrogens is 303 g/mol. The summed E-state index contributed by atoms with van der Waals surface area (Å²) in [6, 6.07) is 4.35. The number of hydrogen-bond donors (Lipinski definition) is 3. The van der Waals surface area contributed by atoms with Crippen LogP contribution in [0.2, 0.25) is 0 Å². The molecule has 0 bridgehead atoms. The molecule has 1 aromatic carbocycles. The molecule has 0 fully saturated rings. The second kappa shape index (κ2) is 7.91. The van der Waals surface area contributed by atoms with Crippen LogP contribution in [0.15, 0.2) is 29.2 Å². The number of alkyl halides is 1. The fourth-order valence-electron chi connectivity index (χ4n) is 1.41. The van der Waals surface area contributed by atoms with Gasteiger partial charge in [-0.3, -0.25) is 14.4 Å². The van der Waals surface area contributed by atoms with Crippen molar-refractivity contribution in [2.45, 2.75) is 24.3 Å². The Morgan fingerprint density at radius 3 is 2.52 bits per heavy atom. The number of amides is 1. The molecule has 0 saturated heterocycles. The average Bonchev–Trinajstić information content (AvgIpc) is 2.46. The Labute approximate surface area is 122 Å². The van der Waals surface area contributed by atoms with E-state index in [4.69, 9.17) is 9.94 Å². The van der Waals surface area contributed by atoms with Gasteiger partial charge in [0, 0.05) is 6.42 Å². The minimum Gasteiger partial charge on any atom is -0.493 e. The number of benzene rings is 1. The lowest BCUT2D eigenvalue weighted by atomic mass is 10.3. The predicted octanol–water partition coefficient (Wildman–Crippen LogP) is 0.597. The summed E-state index contributed by atoms with van der Waals surface area (Å²) < 4.78 is 43.2. The van der Waals surface area contributed by atoms with E-state index in [1.807, 2.05) is 0 Å². The molecular formula is C12H17FN2O5S. The molecule has 21 heavy (non-hydrogen) atoms. The third-order valence-corrected chi connectivity index (χ3v) is 4.07. The summed E-state index contributed by atoms with van der Waals surface area (Å²) >= 11 is 0. The van der Waals surface area contributed by atoms with Gasteiger partial charge in [-0.25, -0.2) is 13.9 Å². The molecule has 0 heterocycles. The normalized spacial score (nSPS) is 12.7. The summed E-state index contributed by atoms with van der Waals surface area (Å²) in [5.74, 6) is -0.451. The maximum absolute atomic E-state index is 12.0. The lowest BCUT2D eigenvalue weighted by Gasteiger charge is -2.12. The SMILES string of the molecule is C[C@@H](NS(=O)(=O)c1ccc(OCCCF)cc1)C(=O)NO. The molecule has 0 aliphatic heterocycles. The van der Waals surface area contributed by atoms with Gasteiger partial charge in [-0.1, -0.05) is 0 Å². The largest absolute Gasteiger partial charge is 0.493 e. The Morgan fingerprint density at radius 1 is 1.38 bits per heavy atom. The van der Waals surface area contributed by atoms with Gasteiger partial charge in [-0.15, -0.1) is 0 Å². The predicted molar refractivity (Wildman–Crippen MR) is 72.2 cm³/mol. The molecule has 0 aliphatic rings. The summed E-state index contributed by atoms with van der Waals surface area (Å²) in [4.78, 5) is 11.0. The first-order chi connectivity index (χ1) is 9.90. The number of ether oxygens (including phenoxy) is 1. The van der Waals surface area contributed by atoms with Gasteiger partial charge in [0.05, 0.1) is 18.2 Å². The zero-order chi connectivity index (χ0) is 15.9. The second-order valence-electron chi connectivity index (χ2n) is 4.18. The van der Waals surface area contributed by atoms with Gasteiger partial charge in [0.1, 0.15) is 11.8 Å². The third kappa shape index (κ3) is 5.29. The maximum Gasteiger partial charge on any atom is 0.261 e. The number of carbonyl (C=O) groups is 1. The molecule has 1 atom stereocenters. The molecule has 0 spiro atoms. The zero-order valence-corrected chi connectivity index (χ0v) is 12.2. The van der Waals surface area contributed by atoms with Crippen LogP contribution in [-0.2, 0) is 14.8 Å². The van der Waals surface area contributed by atoms with Gasteiger partial charge in [0.15, 0.2) is 0 Å². The van der Waals surface area contributed by atoms with Crippen LogP contribution in [0.3, 0.4) is 0 Å². The Bertz CT molecular complexity index is 562. The molecule has 0 unspecified atom stereocenters. The first-order valence-electron chi connectivity index (χ1n) is 6.16. The van der Waals surface area contributed by atoms with E-state index in [2.05, 4.69) is 4.72 Å². The van der Waals surface area contributed by atoms with Crippen LogP contribution in [-0.4, -0.2) is 38.9 Å². The van der Waals surface area contributed by atoms with Crippen LogP contribution in [0.5, 0.6) is 5.75 Å². The fourth-order valence-corrected chi connectivity index (χ4v) is 2.61. The minimum atomic E-state index is -3.89. The van der Waals surface area contributed by atoms with Crippen LogP contribution < -0.4 is 14.9 Å². The molecule has 0 radical (unpaired) electrons. The quantitative estimate of drug-likeness (QED) is 0.369. The van der Waals surface area contributed by atoms with Crippen molar-refractivity contribution in [1.82, 2.24) is 10.2 Å². The van der Waals surface area contributed by atoms with Gasteiger partial charge in [-0.2, -0.15) is 4.72 Å². The Kier molecular flexibility index (Phi) is 6.53. The third-order valence-electron chi connectivity index (χ3n) is 2.52. The summed E-state index contributed by atoms with van der Waals surface area (Å²) in [7, 11) is -3.89. The Balaban J connectivity index is 2.73. The summed E-state index contributed by atoms with van der Waals surface area (Å²) in [6.45, 7) is 1.01. The molecule has 1 rings (SSSR count). The summed E-state index contributed by atoms with van der Waals surface area (Å²) in [6.07, 6.45) is 0.259. The lowest BCUT2D eigenvalue weighted by molar-refractivity contribution is -0.130. The van der Waals surface area contributed by atoms with Crippen molar-refractivity contribution in [2.75, 3.05) is 13.3 Å². The average molecular weight is 320 g/mol. The highest BCUT2D eigenvalue weighted by atomic mass is 32.2. The molecule has 118 valence electrons. The maximum atomic E-state index is 12.0. The molecule has 7 nitrogen and oxygen atoms in total. The number of hydrogen-bond acceptors (Lipinski definition) is 5. The highest BCUT2D eigenvalue weighted by molar-refractivity contribution is 7.89. The van der Waals surface area contributed by atoms with Gasteiger partial charge in [0.2, 0.25) is 10.0 Å². The molecule has 1 amide bonds. The van der Waals surface area contributed by atoms with Crippen LogP contribution in [0.4, 0.5) is 4.39 Å². The molecule has 0 aliphatic carbocycles. The van der Waals surface area contributed by atoms with Crippen molar-refractivity contribution in [3.05, 3.63) is 24.3 Å². The number of halogens is 1. The topological polar surface area (TPSA) is 105 Å². The van der Waals surface area contributed by atoms with E-state index < -0.39 is 28.6 Å². The standard InChI is InChI=1S/C12H17FN2O5S/c1-9(12(16)14-17)15-21(18,19)11-5-3-10(4-6-11)20-8-2-7-13/h3-6,9,15,17H,2,7-8H2,1H3,(H,14,16)/t9-/m1/s1. The van der Waals surface area contributed by atoms with Crippen molar-refractivity contribution in [1.29, 1.82) is 0 Å².